The molecule has 0 aromatic rings. The second-order valence-electron chi connectivity index (χ2n) is 3.13. The molecule has 0 nitrogen and oxygen atoms in total. The molecule has 0 atom stereocenters. The van der Waals surface area contributed by atoms with Gasteiger partial charge in [0.05, 0.1) is 0 Å². The second-order valence-corrected chi connectivity index (χ2v) is 3.13. The highest BCUT2D eigenvalue weighted by molar-refractivity contribution is 4.88. The van der Waals surface area contributed by atoms with Crippen molar-refractivity contribution in [1.29, 1.82) is 0 Å². The maximum atomic E-state index is 2.24. The van der Waals surface area contributed by atoms with Crippen molar-refractivity contribution in [3.8, 4) is 0 Å². The monoisotopic (exact) mass is 172 g/mol. The van der Waals surface area contributed by atoms with E-state index in [2.05, 4.69) is 32.9 Å². The van der Waals surface area contributed by atoms with Gasteiger partial charge in [-0.2, -0.15) is 0 Å². The van der Waals surface area contributed by atoms with E-state index in [0.717, 1.165) is 5.92 Å². The molecule has 0 saturated heterocycles. The first-order valence-electron chi connectivity index (χ1n) is 4.88. The molecular formula is C12H28. The molecule has 0 amide bonds. The largest absolute Gasteiger partial charge is 0.0885 e. The van der Waals surface area contributed by atoms with E-state index < -0.39 is 0 Å². The molecule has 0 saturated carbocycles. The van der Waals surface area contributed by atoms with Crippen LogP contribution in [-0.4, -0.2) is 0 Å². The van der Waals surface area contributed by atoms with E-state index in [9.17, 15) is 0 Å². The summed E-state index contributed by atoms with van der Waals surface area (Å²) >= 11 is 0. The summed E-state index contributed by atoms with van der Waals surface area (Å²) < 4.78 is 0. The Balaban J connectivity index is -0.000000107. The van der Waals surface area contributed by atoms with Crippen molar-refractivity contribution in [1.82, 2.24) is 0 Å². The van der Waals surface area contributed by atoms with Crippen molar-refractivity contribution < 1.29 is 0 Å². The van der Waals surface area contributed by atoms with Gasteiger partial charge in [-0.25, -0.2) is 0 Å². The Hall–Kier alpha value is -0.260. The Kier molecular flexibility index (Phi) is 25.1. The van der Waals surface area contributed by atoms with Crippen LogP contribution in [0.3, 0.4) is 0 Å². The van der Waals surface area contributed by atoms with E-state index in [-0.39, 0.29) is 7.43 Å². The first kappa shape index (κ1) is 17.7. The first-order valence-corrected chi connectivity index (χ1v) is 4.88. The summed E-state index contributed by atoms with van der Waals surface area (Å²) in [4.78, 5) is 0. The predicted molar refractivity (Wildman–Crippen MR) is 61.6 cm³/mol. The van der Waals surface area contributed by atoms with Crippen molar-refractivity contribution in [2.24, 2.45) is 5.92 Å². The van der Waals surface area contributed by atoms with Gasteiger partial charge in [0, 0.05) is 0 Å². The molecule has 0 spiro atoms. The van der Waals surface area contributed by atoms with Crippen LogP contribution in [0.1, 0.15) is 61.3 Å². The molecule has 12 heavy (non-hydrogen) atoms. The summed E-state index contributed by atoms with van der Waals surface area (Å²) in [6, 6.07) is 0. The summed E-state index contributed by atoms with van der Waals surface area (Å²) in [5, 5.41) is 0. The van der Waals surface area contributed by atoms with Crippen molar-refractivity contribution in [2.45, 2.75) is 61.3 Å². The van der Waals surface area contributed by atoms with Crippen LogP contribution in [-0.2, 0) is 0 Å². The third-order valence-corrected chi connectivity index (χ3v) is 0.908. The van der Waals surface area contributed by atoms with Crippen LogP contribution in [0.2, 0.25) is 0 Å². The van der Waals surface area contributed by atoms with Crippen LogP contribution < -0.4 is 0 Å². The van der Waals surface area contributed by atoms with Crippen LogP contribution in [0.4, 0.5) is 0 Å². The lowest BCUT2D eigenvalue weighted by molar-refractivity contribution is 0.737. The summed E-state index contributed by atoms with van der Waals surface area (Å²) in [6.45, 7) is 10.5. The molecule has 0 aromatic carbocycles. The lowest BCUT2D eigenvalue weighted by Crippen LogP contribution is -1.66. The van der Waals surface area contributed by atoms with Gasteiger partial charge in [-0.05, 0) is 25.2 Å². The van der Waals surface area contributed by atoms with Crippen LogP contribution in [0.5, 0.6) is 0 Å². The Bertz CT molecular complexity index is 61.4. The molecule has 1 aliphatic rings. The van der Waals surface area contributed by atoms with E-state index >= 15 is 0 Å². The van der Waals surface area contributed by atoms with Gasteiger partial charge in [0.2, 0.25) is 0 Å². The SMILES string of the molecule is C.C1=CCCC1.CC.CC(C)C. The van der Waals surface area contributed by atoms with Crippen molar-refractivity contribution >= 4 is 0 Å². The number of hydrogen-bond donors (Lipinski definition) is 0. The standard InChI is InChI=1S/C5H8.C4H10.C2H6.CH4/c1-2-4-5-3-1;1-4(2)3;1-2;/h1-2H,3-5H2;4H,1-3H3;1-2H3;1H4. The van der Waals surface area contributed by atoms with Gasteiger partial charge in [0.25, 0.3) is 0 Å². The Morgan fingerprint density at radius 2 is 1.17 bits per heavy atom. The molecule has 1 aliphatic carbocycles. The predicted octanol–water partition coefficient (Wildman–Crippen LogP) is 5.05. The van der Waals surface area contributed by atoms with Gasteiger partial charge in [0.15, 0.2) is 0 Å². The Morgan fingerprint density at radius 1 is 0.917 bits per heavy atom. The van der Waals surface area contributed by atoms with E-state index in [4.69, 9.17) is 0 Å². The number of hydrogen-bond acceptors (Lipinski definition) is 0. The van der Waals surface area contributed by atoms with E-state index in [1.165, 1.54) is 19.3 Å². The van der Waals surface area contributed by atoms with Crippen LogP contribution in [0, 0.1) is 5.92 Å². The fourth-order valence-electron chi connectivity index (χ4n) is 0.589. The lowest BCUT2D eigenvalue weighted by atomic mass is 10.3. The van der Waals surface area contributed by atoms with Gasteiger partial charge in [-0.15, -0.1) is 0 Å². The topological polar surface area (TPSA) is 0 Å². The Morgan fingerprint density at radius 3 is 1.25 bits per heavy atom. The molecule has 1 rings (SSSR count). The highest BCUT2D eigenvalue weighted by Crippen LogP contribution is 2.05. The summed E-state index contributed by atoms with van der Waals surface area (Å²) in [7, 11) is 0. The fraction of sp³-hybridized carbons (Fsp3) is 0.833. The molecular weight excluding hydrogens is 144 g/mol. The zero-order valence-corrected chi connectivity index (χ0v) is 8.85. The van der Waals surface area contributed by atoms with Gasteiger partial charge < -0.3 is 0 Å². The van der Waals surface area contributed by atoms with E-state index in [1.807, 2.05) is 13.8 Å². The van der Waals surface area contributed by atoms with Gasteiger partial charge in [-0.3, -0.25) is 0 Å². The Labute approximate surface area is 80.1 Å². The van der Waals surface area contributed by atoms with Crippen LogP contribution >= 0.6 is 0 Å². The minimum Gasteiger partial charge on any atom is -0.0885 e. The fourth-order valence-corrected chi connectivity index (χ4v) is 0.589. The van der Waals surface area contributed by atoms with Crippen molar-refractivity contribution in [3.63, 3.8) is 0 Å². The minimum atomic E-state index is 0. The molecule has 0 aromatic heterocycles. The summed E-state index contributed by atoms with van der Waals surface area (Å²) in [5.41, 5.74) is 0. The zero-order valence-electron chi connectivity index (χ0n) is 8.85. The molecule has 0 radical (unpaired) electrons. The average Bonchev–Trinajstić information content (AvgIpc) is 2.44. The van der Waals surface area contributed by atoms with Crippen molar-refractivity contribution in [2.75, 3.05) is 0 Å². The quantitative estimate of drug-likeness (QED) is 0.448. The summed E-state index contributed by atoms with van der Waals surface area (Å²) in [6.07, 6.45) is 8.50. The maximum Gasteiger partial charge on any atom is -0.0348 e. The van der Waals surface area contributed by atoms with Gasteiger partial charge in [-0.1, -0.05) is 54.2 Å². The highest BCUT2D eigenvalue weighted by Gasteiger charge is 1.84. The van der Waals surface area contributed by atoms with E-state index in [1.54, 1.807) is 0 Å². The van der Waals surface area contributed by atoms with Crippen LogP contribution in [0.15, 0.2) is 12.2 Å². The summed E-state index contributed by atoms with van der Waals surface area (Å²) in [5.74, 6) is 0.833. The second kappa shape index (κ2) is 17.0. The molecule has 0 heterocycles. The zero-order chi connectivity index (χ0) is 9.11. The molecule has 76 valence electrons. The smallest absolute Gasteiger partial charge is 0.0348 e. The van der Waals surface area contributed by atoms with Crippen LogP contribution in [0.25, 0.3) is 0 Å². The molecule has 0 heteroatoms. The maximum absolute atomic E-state index is 2.24. The molecule has 0 fully saturated rings. The normalized spacial score (nSPS) is 12.2. The first-order chi connectivity index (χ1) is 5.23. The molecule has 0 aliphatic heterocycles. The van der Waals surface area contributed by atoms with Crippen molar-refractivity contribution in [3.05, 3.63) is 12.2 Å². The number of allylic oxidation sites excluding steroid dienone is 2. The molecule has 0 unspecified atom stereocenters. The highest BCUT2D eigenvalue weighted by atomic mass is 13.9. The molecule has 0 N–H and O–H groups in total. The minimum absolute atomic E-state index is 0. The third-order valence-electron chi connectivity index (χ3n) is 0.908. The van der Waals surface area contributed by atoms with Gasteiger partial charge in [0.1, 0.15) is 0 Å². The van der Waals surface area contributed by atoms with E-state index in [0.29, 0.717) is 0 Å². The van der Waals surface area contributed by atoms with Gasteiger partial charge >= 0.3 is 0 Å². The number of rotatable bonds is 0. The lowest BCUT2D eigenvalue weighted by Gasteiger charge is -1.79. The molecule has 0 bridgehead atoms. The average molecular weight is 172 g/mol. The third kappa shape index (κ3) is 33.1.